The van der Waals surface area contributed by atoms with E-state index in [9.17, 15) is 9.00 Å². The molecule has 0 saturated carbocycles. The van der Waals surface area contributed by atoms with Gasteiger partial charge in [-0.25, -0.2) is 0 Å². The van der Waals surface area contributed by atoms with E-state index >= 15 is 0 Å². The first kappa shape index (κ1) is 11.6. The predicted molar refractivity (Wildman–Crippen MR) is 49.4 cm³/mol. The number of hydrogen-bond donors (Lipinski definition) is 0. The van der Waals surface area contributed by atoms with Crippen molar-refractivity contribution in [3.05, 3.63) is 0 Å². The van der Waals surface area contributed by atoms with Crippen molar-refractivity contribution in [3.63, 3.8) is 0 Å². The summed E-state index contributed by atoms with van der Waals surface area (Å²) in [6.45, 7) is 4.27. The normalized spacial score (nSPS) is 12.5. The molecule has 1 unspecified atom stereocenters. The van der Waals surface area contributed by atoms with Crippen molar-refractivity contribution in [3.8, 4) is 0 Å². The largest absolute Gasteiger partial charge is 0.465 e. The van der Waals surface area contributed by atoms with E-state index in [1.807, 2.05) is 6.92 Å². The molecule has 0 saturated heterocycles. The van der Waals surface area contributed by atoms with Crippen molar-refractivity contribution in [1.29, 1.82) is 0 Å². The Balaban J connectivity index is 3.40. The number of esters is 1. The quantitative estimate of drug-likeness (QED) is 0.467. The summed E-state index contributed by atoms with van der Waals surface area (Å²) in [5.74, 6) is 0.215. The fraction of sp³-hybridized carbons (Fsp3) is 0.875. The van der Waals surface area contributed by atoms with Crippen molar-refractivity contribution in [2.24, 2.45) is 0 Å². The molecular weight excluding hydrogens is 176 g/mol. The second kappa shape index (κ2) is 7.28. The second-order valence-corrected chi connectivity index (χ2v) is 4.19. The second-order valence-electron chi connectivity index (χ2n) is 2.45. The molecule has 0 fully saturated rings. The molecule has 0 radical (unpaired) electrons. The van der Waals surface area contributed by atoms with Crippen LogP contribution in [0.15, 0.2) is 0 Å². The molecule has 0 spiro atoms. The van der Waals surface area contributed by atoms with Crippen LogP contribution in [-0.4, -0.2) is 28.3 Å². The van der Waals surface area contributed by atoms with E-state index in [2.05, 4.69) is 0 Å². The average molecular weight is 192 g/mol. The van der Waals surface area contributed by atoms with Gasteiger partial charge in [0.05, 0.1) is 6.61 Å². The number of rotatable bonds is 6. The number of hydrogen-bond acceptors (Lipinski definition) is 3. The molecule has 12 heavy (non-hydrogen) atoms. The third-order valence-corrected chi connectivity index (χ3v) is 2.56. The van der Waals surface area contributed by atoms with Gasteiger partial charge in [-0.1, -0.05) is 20.3 Å². The zero-order valence-corrected chi connectivity index (χ0v) is 8.49. The van der Waals surface area contributed by atoms with Crippen LogP contribution in [0.1, 0.15) is 26.7 Å². The molecule has 4 heteroatoms. The van der Waals surface area contributed by atoms with Gasteiger partial charge in [0.15, 0.2) is 0 Å². The van der Waals surface area contributed by atoms with Crippen molar-refractivity contribution >= 4 is 16.8 Å². The van der Waals surface area contributed by atoms with Gasteiger partial charge in [-0.2, -0.15) is 0 Å². The highest BCUT2D eigenvalue weighted by molar-refractivity contribution is 7.85. The van der Waals surface area contributed by atoms with Gasteiger partial charge >= 0.3 is 5.97 Å². The lowest BCUT2D eigenvalue weighted by Crippen LogP contribution is -2.15. The lowest BCUT2D eigenvalue weighted by atomic mass is 10.4. The average Bonchev–Trinajstić information content (AvgIpc) is 2.05. The smallest absolute Gasteiger partial charge is 0.318 e. The molecule has 0 aromatic heterocycles. The highest BCUT2D eigenvalue weighted by Gasteiger charge is 2.06. The monoisotopic (exact) mass is 192 g/mol. The molecule has 0 aliphatic heterocycles. The molecule has 0 aromatic carbocycles. The van der Waals surface area contributed by atoms with Crippen LogP contribution in [0.2, 0.25) is 0 Å². The van der Waals surface area contributed by atoms with Gasteiger partial charge in [0.2, 0.25) is 0 Å². The van der Waals surface area contributed by atoms with Crippen molar-refractivity contribution < 1.29 is 13.7 Å². The van der Waals surface area contributed by atoms with Crippen LogP contribution in [0.5, 0.6) is 0 Å². The van der Waals surface area contributed by atoms with Crippen molar-refractivity contribution in [1.82, 2.24) is 0 Å². The van der Waals surface area contributed by atoms with Gasteiger partial charge in [-0.15, -0.1) is 0 Å². The topological polar surface area (TPSA) is 43.4 Å². The summed E-state index contributed by atoms with van der Waals surface area (Å²) >= 11 is 0. The SMILES string of the molecule is CCCCOC(=O)CS(=O)CC. The molecular formula is C8H16O3S. The first-order valence-corrected chi connectivity index (χ1v) is 5.70. The molecule has 72 valence electrons. The first-order chi connectivity index (χ1) is 5.70. The van der Waals surface area contributed by atoms with Crippen LogP contribution in [-0.2, 0) is 20.3 Å². The molecule has 0 aliphatic carbocycles. The van der Waals surface area contributed by atoms with Gasteiger partial charge in [-0.05, 0) is 6.42 Å². The highest BCUT2D eigenvalue weighted by atomic mass is 32.2. The molecule has 0 N–H and O–H groups in total. The Morgan fingerprint density at radius 1 is 1.42 bits per heavy atom. The summed E-state index contributed by atoms with van der Waals surface area (Å²) in [5, 5.41) is 0. The number of unbranched alkanes of at least 4 members (excludes halogenated alkanes) is 1. The summed E-state index contributed by atoms with van der Waals surface area (Å²) in [5.41, 5.74) is 0. The van der Waals surface area contributed by atoms with Crippen LogP contribution in [0, 0.1) is 0 Å². The fourth-order valence-electron chi connectivity index (χ4n) is 0.606. The Morgan fingerprint density at radius 3 is 2.58 bits per heavy atom. The predicted octanol–water partition coefficient (Wildman–Crippen LogP) is 1.10. The first-order valence-electron chi connectivity index (χ1n) is 4.21. The summed E-state index contributed by atoms with van der Waals surface area (Å²) < 4.78 is 15.7. The zero-order chi connectivity index (χ0) is 9.40. The maximum atomic E-state index is 10.9. The summed E-state index contributed by atoms with van der Waals surface area (Å²) in [6.07, 6.45) is 1.88. The van der Waals surface area contributed by atoms with Crippen molar-refractivity contribution in [2.45, 2.75) is 26.7 Å². The highest BCUT2D eigenvalue weighted by Crippen LogP contribution is 1.90. The van der Waals surface area contributed by atoms with E-state index in [1.54, 1.807) is 6.92 Å². The molecule has 0 heterocycles. The number of carbonyl (C=O) groups excluding carboxylic acids is 1. The van der Waals surface area contributed by atoms with Crippen LogP contribution in [0.25, 0.3) is 0 Å². The van der Waals surface area contributed by atoms with Gasteiger partial charge < -0.3 is 4.74 Å². The van der Waals surface area contributed by atoms with Gasteiger partial charge in [0.1, 0.15) is 5.75 Å². The van der Waals surface area contributed by atoms with E-state index in [4.69, 9.17) is 4.74 Å². The molecule has 0 aliphatic rings. The van der Waals surface area contributed by atoms with Crippen LogP contribution in [0.4, 0.5) is 0 Å². The van der Waals surface area contributed by atoms with Crippen LogP contribution in [0.3, 0.4) is 0 Å². The third-order valence-electron chi connectivity index (χ3n) is 1.36. The number of carbonyl (C=O) groups is 1. The number of ether oxygens (including phenoxy) is 1. The molecule has 1 atom stereocenters. The van der Waals surface area contributed by atoms with Gasteiger partial charge in [0, 0.05) is 16.6 Å². The Bertz CT molecular complexity index is 156. The van der Waals surface area contributed by atoms with E-state index in [1.165, 1.54) is 0 Å². The molecule has 0 aromatic rings. The van der Waals surface area contributed by atoms with E-state index < -0.39 is 10.8 Å². The lowest BCUT2D eigenvalue weighted by molar-refractivity contribution is -0.140. The van der Waals surface area contributed by atoms with E-state index in [0.29, 0.717) is 12.4 Å². The maximum absolute atomic E-state index is 10.9. The van der Waals surface area contributed by atoms with E-state index in [-0.39, 0.29) is 11.7 Å². The Kier molecular flexibility index (Phi) is 7.05. The van der Waals surface area contributed by atoms with Gasteiger partial charge in [0.25, 0.3) is 0 Å². The molecule has 0 rings (SSSR count). The van der Waals surface area contributed by atoms with Crippen LogP contribution < -0.4 is 0 Å². The third kappa shape index (κ3) is 6.34. The molecule has 0 bridgehead atoms. The fourth-order valence-corrected chi connectivity index (χ4v) is 1.16. The standard InChI is InChI=1S/C8H16O3S/c1-3-5-6-11-8(9)7-12(10)4-2/h3-7H2,1-2H3. The minimum Gasteiger partial charge on any atom is -0.465 e. The minimum absolute atomic E-state index is 0.0419. The van der Waals surface area contributed by atoms with Crippen LogP contribution >= 0.6 is 0 Å². The van der Waals surface area contributed by atoms with Crippen molar-refractivity contribution in [2.75, 3.05) is 18.1 Å². The zero-order valence-electron chi connectivity index (χ0n) is 7.67. The Hall–Kier alpha value is -0.380. The lowest BCUT2D eigenvalue weighted by Gasteiger charge is -2.01. The summed E-state index contributed by atoms with van der Waals surface area (Å²) in [6, 6.07) is 0. The summed E-state index contributed by atoms with van der Waals surface area (Å²) in [4.78, 5) is 10.9. The minimum atomic E-state index is -1.04. The Labute approximate surface area is 75.9 Å². The molecule has 3 nitrogen and oxygen atoms in total. The molecule has 0 amide bonds. The Morgan fingerprint density at radius 2 is 2.08 bits per heavy atom. The maximum Gasteiger partial charge on any atom is 0.318 e. The summed E-state index contributed by atoms with van der Waals surface area (Å²) in [7, 11) is -1.04. The van der Waals surface area contributed by atoms with Gasteiger partial charge in [-0.3, -0.25) is 9.00 Å². The van der Waals surface area contributed by atoms with E-state index in [0.717, 1.165) is 12.8 Å².